The molecule has 0 radical (unpaired) electrons. The Balaban J connectivity index is 1.71. The number of aliphatic hydroxyl groups is 1. The number of ether oxygens (including phenoxy) is 1. The number of fused-ring (bicyclic) bond motifs is 1. The molecule has 11 heteroatoms. The fourth-order valence-corrected chi connectivity index (χ4v) is 5.03. The number of hydrogen-bond donors (Lipinski definition) is 1. The summed E-state index contributed by atoms with van der Waals surface area (Å²) in [4.78, 5) is 42.7. The third kappa shape index (κ3) is 3.85. The van der Waals surface area contributed by atoms with Crippen LogP contribution in [0.1, 0.15) is 17.2 Å². The van der Waals surface area contributed by atoms with Crippen molar-refractivity contribution < 1.29 is 28.7 Å². The predicted molar refractivity (Wildman–Crippen MR) is 130 cm³/mol. The molecule has 36 heavy (non-hydrogen) atoms. The highest BCUT2D eigenvalue weighted by atomic mass is 32.1. The lowest BCUT2D eigenvalue weighted by molar-refractivity contribution is -0.384. The Morgan fingerprint density at radius 2 is 1.81 bits per heavy atom. The molecular formula is C25H16FN3O6S. The lowest BCUT2D eigenvalue weighted by Crippen LogP contribution is -2.29. The number of anilines is 1. The first-order valence-corrected chi connectivity index (χ1v) is 11.4. The average molecular weight is 505 g/mol. The number of non-ortho nitro benzene ring substituents is 1. The zero-order chi connectivity index (χ0) is 25.6. The lowest BCUT2D eigenvalue weighted by atomic mass is 9.95. The van der Waals surface area contributed by atoms with E-state index < -0.39 is 34.2 Å². The van der Waals surface area contributed by atoms with Crippen LogP contribution in [-0.4, -0.2) is 33.8 Å². The van der Waals surface area contributed by atoms with Gasteiger partial charge in [0.2, 0.25) is 0 Å². The number of carbonyl (C=O) groups is 2. The van der Waals surface area contributed by atoms with Crippen molar-refractivity contribution in [1.29, 1.82) is 0 Å². The summed E-state index contributed by atoms with van der Waals surface area (Å²) >= 11 is 1.15. The summed E-state index contributed by atoms with van der Waals surface area (Å²) in [6.45, 7) is 0. The molecule has 0 unspecified atom stereocenters. The fourth-order valence-electron chi connectivity index (χ4n) is 4.01. The number of aliphatic hydroxyl groups excluding tert-OH is 1. The Bertz CT molecular complexity index is 1560. The molecule has 1 amide bonds. The quantitative estimate of drug-likeness (QED) is 0.133. The van der Waals surface area contributed by atoms with Gasteiger partial charge in [0, 0.05) is 17.7 Å². The van der Waals surface area contributed by atoms with Crippen LogP contribution in [0.25, 0.3) is 16.0 Å². The van der Waals surface area contributed by atoms with Gasteiger partial charge in [-0.3, -0.25) is 24.6 Å². The molecule has 0 spiro atoms. The van der Waals surface area contributed by atoms with Gasteiger partial charge in [-0.25, -0.2) is 9.37 Å². The minimum atomic E-state index is -1.13. The highest BCUT2D eigenvalue weighted by Gasteiger charge is 2.48. The Morgan fingerprint density at radius 3 is 2.44 bits per heavy atom. The number of rotatable bonds is 5. The second kappa shape index (κ2) is 8.86. The largest absolute Gasteiger partial charge is 0.507 e. The van der Waals surface area contributed by atoms with E-state index in [0.29, 0.717) is 21.5 Å². The van der Waals surface area contributed by atoms with E-state index in [9.17, 15) is 29.2 Å². The van der Waals surface area contributed by atoms with E-state index in [1.165, 1.54) is 43.5 Å². The second-order valence-corrected chi connectivity index (χ2v) is 8.86. The Labute approximate surface area is 206 Å². The number of amides is 1. The number of nitrogens with zero attached hydrogens (tertiary/aromatic N) is 3. The summed E-state index contributed by atoms with van der Waals surface area (Å²) in [5.74, 6) is -2.33. The van der Waals surface area contributed by atoms with Crippen molar-refractivity contribution in [1.82, 2.24) is 4.98 Å². The van der Waals surface area contributed by atoms with E-state index in [-0.39, 0.29) is 22.0 Å². The van der Waals surface area contributed by atoms with Crippen LogP contribution in [0.15, 0.2) is 72.3 Å². The summed E-state index contributed by atoms with van der Waals surface area (Å²) in [6.07, 6.45) is 0. The van der Waals surface area contributed by atoms with Crippen LogP contribution in [0.2, 0.25) is 0 Å². The van der Waals surface area contributed by atoms with Gasteiger partial charge >= 0.3 is 5.91 Å². The number of benzene rings is 3. The molecule has 2 heterocycles. The number of methoxy groups -OCH3 is 1. The molecule has 1 atom stereocenters. The zero-order valence-electron chi connectivity index (χ0n) is 18.5. The Hall–Kier alpha value is -4.64. The molecule has 1 aliphatic rings. The maximum atomic E-state index is 13.5. The Morgan fingerprint density at radius 1 is 1.11 bits per heavy atom. The van der Waals surface area contributed by atoms with E-state index in [4.69, 9.17) is 4.74 Å². The van der Waals surface area contributed by atoms with E-state index in [0.717, 1.165) is 28.4 Å². The van der Waals surface area contributed by atoms with Crippen molar-refractivity contribution in [2.45, 2.75) is 6.04 Å². The van der Waals surface area contributed by atoms with E-state index in [1.54, 1.807) is 18.2 Å². The summed E-state index contributed by atoms with van der Waals surface area (Å²) in [6, 6.07) is 14.2. The second-order valence-electron chi connectivity index (χ2n) is 7.85. The molecule has 9 nitrogen and oxygen atoms in total. The molecule has 1 fully saturated rings. The van der Waals surface area contributed by atoms with Crippen molar-refractivity contribution >= 4 is 49.8 Å². The van der Waals surface area contributed by atoms with Gasteiger partial charge in [0.15, 0.2) is 5.13 Å². The number of thiazole rings is 1. The molecule has 1 saturated heterocycles. The fraction of sp³-hybridized carbons (Fsp3) is 0.0800. The smallest absolute Gasteiger partial charge is 0.301 e. The number of hydrogen-bond acceptors (Lipinski definition) is 8. The molecule has 0 aliphatic carbocycles. The van der Waals surface area contributed by atoms with Gasteiger partial charge in [-0.05, 0) is 60.2 Å². The van der Waals surface area contributed by atoms with Crippen LogP contribution < -0.4 is 9.64 Å². The summed E-state index contributed by atoms with van der Waals surface area (Å²) in [5.41, 5.74) is 0.632. The first kappa shape index (κ1) is 23.1. The number of aromatic nitrogens is 1. The van der Waals surface area contributed by atoms with Crippen molar-refractivity contribution in [2.24, 2.45) is 0 Å². The van der Waals surface area contributed by atoms with Crippen LogP contribution in [0, 0.1) is 15.9 Å². The molecular weight excluding hydrogens is 489 g/mol. The summed E-state index contributed by atoms with van der Waals surface area (Å²) in [7, 11) is 1.52. The van der Waals surface area contributed by atoms with E-state index in [1.807, 2.05) is 0 Å². The number of carbonyl (C=O) groups excluding carboxylic acids is 2. The minimum Gasteiger partial charge on any atom is -0.507 e. The maximum absolute atomic E-state index is 13.5. The van der Waals surface area contributed by atoms with Gasteiger partial charge in [-0.15, -0.1) is 0 Å². The van der Waals surface area contributed by atoms with Crippen molar-refractivity contribution in [3.05, 3.63) is 99.4 Å². The van der Waals surface area contributed by atoms with Crippen molar-refractivity contribution in [2.75, 3.05) is 12.0 Å². The number of nitro groups is 1. The van der Waals surface area contributed by atoms with Crippen LogP contribution in [0.4, 0.5) is 15.2 Å². The number of ketones is 1. The zero-order valence-corrected chi connectivity index (χ0v) is 19.4. The van der Waals surface area contributed by atoms with Gasteiger partial charge in [0.25, 0.3) is 11.5 Å². The van der Waals surface area contributed by atoms with Crippen LogP contribution >= 0.6 is 11.3 Å². The molecule has 3 aromatic carbocycles. The normalized spacial score (nSPS) is 17.1. The van der Waals surface area contributed by atoms with Gasteiger partial charge in [-0.1, -0.05) is 11.3 Å². The monoisotopic (exact) mass is 505 g/mol. The SMILES string of the molecule is COc1ccc2nc(N3C(=O)C(=O)/C(=C(/O)c4ccc(F)cc4)[C@@H]3c3ccc([N+](=O)[O-])cc3)sc2c1. The van der Waals surface area contributed by atoms with E-state index >= 15 is 0 Å². The summed E-state index contributed by atoms with van der Waals surface area (Å²) < 4.78 is 19.4. The molecule has 1 aromatic heterocycles. The van der Waals surface area contributed by atoms with Crippen molar-refractivity contribution in [3.8, 4) is 5.75 Å². The van der Waals surface area contributed by atoms with Gasteiger partial charge in [0.05, 0.1) is 33.9 Å². The standard InChI is InChI=1S/C25H16FN3O6S/c1-35-17-10-11-18-19(12-17)36-25(27-18)28-21(13-4-8-16(9-5-13)29(33)34)20(23(31)24(28)32)22(30)14-2-6-15(26)7-3-14/h2-12,21,30H,1H3/b22-20+/t21-/m0/s1. The highest BCUT2D eigenvalue weighted by molar-refractivity contribution is 7.22. The highest BCUT2D eigenvalue weighted by Crippen LogP contribution is 2.44. The first-order valence-electron chi connectivity index (χ1n) is 10.5. The molecule has 5 rings (SSSR count). The number of halogens is 1. The van der Waals surface area contributed by atoms with Crippen LogP contribution in [0.3, 0.4) is 0 Å². The Kier molecular flexibility index (Phi) is 5.69. The minimum absolute atomic E-state index is 0.135. The third-order valence-electron chi connectivity index (χ3n) is 5.77. The van der Waals surface area contributed by atoms with Gasteiger partial charge in [0.1, 0.15) is 17.3 Å². The number of nitro benzene ring substituents is 1. The molecule has 1 N–H and O–H groups in total. The van der Waals surface area contributed by atoms with Crippen LogP contribution in [0.5, 0.6) is 5.75 Å². The first-order chi connectivity index (χ1) is 17.3. The molecule has 0 bridgehead atoms. The number of Topliss-reactive ketones (excluding diaryl/α,β-unsaturated/α-hetero) is 1. The molecule has 1 aliphatic heterocycles. The van der Waals surface area contributed by atoms with Crippen molar-refractivity contribution in [3.63, 3.8) is 0 Å². The third-order valence-corrected chi connectivity index (χ3v) is 6.79. The lowest BCUT2D eigenvalue weighted by Gasteiger charge is -2.22. The van der Waals surface area contributed by atoms with Gasteiger partial charge in [-0.2, -0.15) is 0 Å². The topological polar surface area (TPSA) is 123 Å². The van der Waals surface area contributed by atoms with E-state index in [2.05, 4.69) is 4.98 Å². The predicted octanol–water partition coefficient (Wildman–Crippen LogP) is 4.98. The van der Waals surface area contributed by atoms with Crippen LogP contribution in [-0.2, 0) is 9.59 Å². The average Bonchev–Trinajstić information content (AvgIpc) is 3.41. The molecule has 4 aromatic rings. The molecule has 0 saturated carbocycles. The molecule has 180 valence electrons. The maximum Gasteiger partial charge on any atom is 0.301 e. The van der Waals surface area contributed by atoms with Gasteiger partial charge < -0.3 is 9.84 Å². The summed E-state index contributed by atoms with van der Waals surface area (Å²) in [5, 5.41) is 22.4.